The molecule has 5 heteroatoms. The smallest absolute Gasteiger partial charge is 0.320 e. The molecule has 5 nitrogen and oxygen atoms in total. The summed E-state index contributed by atoms with van der Waals surface area (Å²) in [5, 5.41) is 3.26. The minimum atomic E-state index is 0.127. The molecule has 102 valence electrons. The maximum Gasteiger partial charge on any atom is 0.320 e. The second-order valence-corrected chi connectivity index (χ2v) is 4.90. The van der Waals surface area contributed by atoms with Gasteiger partial charge in [0.15, 0.2) is 0 Å². The van der Waals surface area contributed by atoms with Crippen molar-refractivity contribution < 1.29 is 9.53 Å². The van der Waals surface area contributed by atoms with Crippen LogP contribution in [0.3, 0.4) is 0 Å². The van der Waals surface area contributed by atoms with E-state index in [1.165, 1.54) is 0 Å². The van der Waals surface area contributed by atoms with Crippen LogP contribution in [0.4, 0.5) is 4.79 Å². The van der Waals surface area contributed by atoms with Crippen LogP contribution in [0, 0.1) is 0 Å². The topological polar surface area (TPSA) is 44.8 Å². The zero-order valence-electron chi connectivity index (χ0n) is 11.0. The number of fused-ring (bicyclic) bond motifs is 1. The number of hydrogen-bond acceptors (Lipinski definition) is 3. The SMILES string of the molecule is O=C(N1CCNCC1)N1CCOc2ccccc2C1. The number of rotatable bonds is 0. The predicted octanol–water partition coefficient (Wildman–Crippen LogP) is 0.906. The molecule has 1 aromatic carbocycles. The third-order valence-corrected chi connectivity index (χ3v) is 3.61. The first-order valence-electron chi connectivity index (χ1n) is 6.80. The van der Waals surface area contributed by atoms with Gasteiger partial charge in [-0.25, -0.2) is 4.79 Å². The lowest BCUT2D eigenvalue weighted by Gasteiger charge is -2.32. The van der Waals surface area contributed by atoms with Crippen molar-refractivity contribution in [2.75, 3.05) is 39.3 Å². The van der Waals surface area contributed by atoms with Gasteiger partial charge in [0.2, 0.25) is 0 Å². The van der Waals surface area contributed by atoms with E-state index < -0.39 is 0 Å². The average molecular weight is 261 g/mol. The van der Waals surface area contributed by atoms with Gasteiger partial charge in [-0.2, -0.15) is 0 Å². The summed E-state index contributed by atoms with van der Waals surface area (Å²) < 4.78 is 5.69. The number of ether oxygens (including phenoxy) is 1. The van der Waals surface area contributed by atoms with E-state index in [9.17, 15) is 4.79 Å². The third kappa shape index (κ3) is 2.66. The summed E-state index contributed by atoms with van der Waals surface area (Å²) in [6, 6.07) is 8.07. The van der Waals surface area contributed by atoms with E-state index in [1.54, 1.807) is 0 Å². The van der Waals surface area contributed by atoms with Crippen LogP contribution in [-0.4, -0.2) is 55.2 Å². The van der Waals surface area contributed by atoms with Gasteiger partial charge < -0.3 is 19.9 Å². The van der Waals surface area contributed by atoms with Crippen molar-refractivity contribution in [2.24, 2.45) is 0 Å². The molecule has 0 unspecified atom stereocenters. The number of benzene rings is 1. The van der Waals surface area contributed by atoms with E-state index in [0.29, 0.717) is 19.7 Å². The van der Waals surface area contributed by atoms with Crippen LogP contribution in [0.25, 0.3) is 0 Å². The standard InChI is InChI=1S/C14H19N3O2/c18-14(16-7-5-15-6-8-16)17-9-10-19-13-4-2-1-3-12(13)11-17/h1-4,15H,5-11H2. The van der Waals surface area contributed by atoms with E-state index >= 15 is 0 Å². The van der Waals surface area contributed by atoms with Gasteiger partial charge in [0.25, 0.3) is 0 Å². The van der Waals surface area contributed by atoms with Crippen LogP contribution in [0.15, 0.2) is 24.3 Å². The lowest BCUT2D eigenvalue weighted by atomic mass is 10.2. The fourth-order valence-corrected chi connectivity index (χ4v) is 2.55. The second kappa shape index (κ2) is 5.48. The Balaban J connectivity index is 1.73. The number of urea groups is 1. The highest BCUT2D eigenvalue weighted by atomic mass is 16.5. The molecule has 0 atom stereocenters. The van der Waals surface area contributed by atoms with Crippen molar-refractivity contribution in [1.29, 1.82) is 0 Å². The fourth-order valence-electron chi connectivity index (χ4n) is 2.55. The van der Waals surface area contributed by atoms with Crippen molar-refractivity contribution in [3.63, 3.8) is 0 Å². The third-order valence-electron chi connectivity index (χ3n) is 3.61. The molecular weight excluding hydrogens is 242 g/mol. The van der Waals surface area contributed by atoms with Crippen molar-refractivity contribution >= 4 is 6.03 Å². The molecule has 0 aliphatic carbocycles. The molecule has 1 N–H and O–H groups in total. The van der Waals surface area contributed by atoms with Gasteiger partial charge in [0.1, 0.15) is 12.4 Å². The summed E-state index contributed by atoms with van der Waals surface area (Å²) in [6.07, 6.45) is 0. The molecule has 0 saturated carbocycles. The Kier molecular flexibility index (Phi) is 3.55. The van der Waals surface area contributed by atoms with Gasteiger partial charge in [-0.3, -0.25) is 0 Å². The minimum Gasteiger partial charge on any atom is -0.491 e. The molecule has 0 bridgehead atoms. The Hall–Kier alpha value is -1.75. The lowest BCUT2D eigenvalue weighted by molar-refractivity contribution is 0.140. The summed E-state index contributed by atoms with van der Waals surface area (Å²) >= 11 is 0. The summed E-state index contributed by atoms with van der Waals surface area (Å²) in [5.41, 5.74) is 1.09. The molecule has 2 aliphatic rings. The van der Waals surface area contributed by atoms with Crippen molar-refractivity contribution in [2.45, 2.75) is 6.54 Å². The number of carbonyl (C=O) groups excluding carboxylic acids is 1. The molecule has 2 heterocycles. The zero-order valence-corrected chi connectivity index (χ0v) is 11.0. The predicted molar refractivity (Wildman–Crippen MR) is 72.2 cm³/mol. The number of carbonyl (C=O) groups is 1. The van der Waals surface area contributed by atoms with Crippen LogP contribution in [0.2, 0.25) is 0 Å². The van der Waals surface area contributed by atoms with E-state index in [0.717, 1.165) is 37.5 Å². The fraction of sp³-hybridized carbons (Fsp3) is 0.500. The Morgan fingerprint density at radius 3 is 2.74 bits per heavy atom. The number of piperazine rings is 1. The van der Waals surface area contributed by atoms with Crippen molar-refractivity contribution in [3.05, 3.63) is 29.8 Å². The zero-order chi connectivity index (χ0) is 13.1. The summed E-state index contributed by atoms with van der Waals surface area (Å²) in [5.74, 6) is 0.901. The molecule has 3 rings (SSSR count). The molecule has 1 fully saturated rings. The van der Waals surface area contributed by atoms with Crippen LogP contribution >= 0.6 is 0 Å². The van der Waals surface area contributed by atoms with Crippen molar-refractivity contribution in [1.82, 2.24) is 15.1 Å². The Labute approximate surface area is 113 Å². The summed E-state index contributed by atoms with van der Waals surface area (Å²) in [7, 11) is 0. The highest BCUT2D eigenvalue weighted by Gasteiger charge is 2.24. The summed E-state index contributed by atoms with van der Waals surface area (Å²) in [4.78, 5) is 16.3. The number of nitrogens with one attached hydrogen (secondary N) is 1. The number of para-hydroxylation sites is 1. The van der Waals surface area contributed by atoms with Crippen LogP contribution in [-0.2, 0) is 6.54 Å². The Morgan fingerprint density at radius 2 is 1.89 bits per heavy atom. The molecule has 2 amide bonds. The van der Waals surface area contributed by atoms with Crippen LogP contribution in [0.5, 0.6) is 5.75 Å². The Bertz CT molecular complexity index is 458. The highest BCUT2D eigenvalue weighted by molar-refractivity contribution is 5.74. The maximum atomic E-state index is 12.5. The van der Waals surface area contributed by atoms with Gasteiger partial charge in [-0.1, -0.05) is 18.2 Å². The second-order valence-electron chi connectivity index (χ2n) is 4.90. The van der Waals surface area contributed by atoms with Gasteiger partial charge in [-0.15, -0.1) is 0 Å². The minimum absolute atomic E-state index is 0.127. The highest BCUT2D eigenvalue weighted by Crippen LogP contribution is 2.23. The average Bonchev–Trinajstić information content (AvgIpc) is 2.69. The molecule has 1 saturated heterocycles. The number of hydrogen-bond donors (Lipinski definition) is 1. The normalized spacial score (nSPS) is 19.4. The van der Waals surface area contributed by atoms with Gasteiger partial charge in [0.05, 0.1) is 13.1 Å². The quantitative estimate of drug-likeness (QED) is 0.755. The van der Waals surface area contributed by atoms with Gasteiger partial charge in [0, 0.05) is 31.7 Å². The van der Waals surface area contributed by atoms with Crippen molar-refractivity contribution in [3.8, 4) is 5.75 Å². The maximum absolute atomic E-state index is 12.5. The Morgan fingerprint density at radius 1 is 1.11 bits per heavy atom. The lowest BCUT2D eigenvalue weighted by Crippen LogP contribution is -2.51. The van der Waals surface area contributed by atoms with Crippen LogP contribution in [0.1, 0.15) is 5.56 Å². The van der Waals surface area contributed by atoms with Gasteiger partial charge >= 0.3 is 6.03 Å². The molecule has 1 aromatic rings. The molecule has 0 radical (unpaired) electrons. The first-order valence-corrected chi connectivity index (χ1v) is 6.80. The molecule has 2 aliphatic heterocycles. The molecule has 0 aromatic heterocycles. The molecular formula is C14H19N3O2. The van der Waals surface area contributed by atoms with Gasteiger partial charge in [-0.05, 0) is 6.07 Å². The monoisotopic (exact) mass is 261 g/mol. The van der Waals surface area contributed by atoms with E-state index in [-0.39, 0.29) is 6.03 Å². The molecule has 19 heavy (non-hydrogen) atoms. The number of nitrogens with zero attached hydrogens (tertiary/aromatic N) is 2. The largest absolute Gasteiger partial charge is 0.491 e. The number of amides is 2. The van der Waals surface area contributed by atoms with E-state index in [4.69, 9.17) is 4.74 Å². The first kappa shape index (κ1) is 12.3. The first-order chi connectivity index (χ1) is 9.34. The van der Waals surface area contributed by atoms with E-state index in [2.05, 4.69) is 5.32 Å². The summed E-state index contributed by atoms with van der Waals surface area (Å²) in [6.45, 7) is 5.19. The van der Waals surface area contributed by atoms with Crippen LogP contribution < -0.4 is 10.1 Å². The molecule has 0 spiro atoms. The van der Waals surface area contributed by atoms with E-state index in [1.807, 2.05) is 34.1 Å².